The molecular formula is C19H20N2O3. The molecule has 2 N–H and O–H groups in total. The molecule has 3 rings (SSSR count). The molecule has 124 valence electrons. The normalized spacial score (nSPS) is 14.9. The summed E-state index contributed by atoms with van der Waals surface area (Å²) >= 11 is 0. The van der Waals surface area contributed by atoms with E-state index in [0.29, 0.717) is 29.2 Å². The van der Waals surface area contributed by atoms with Gasteiger partial charge < -0.3 is 10.4 Å². The highest BCUT2D eigenvalue weighted by atomic mass is 16.3. The highest BCUT2D eigenvalue weighted by molar-refractivity contribution is 6.00. The maximum absolute atomic E-state index is 12.4. The number of benzene rings is 1. The molecule has 1 saturated carbocycles. The van der Waals surface area contributed by atoms with Crippen LogP contribution in [-0.2, 0) is 0 Å². The van der Waals surface area contributed by atoms with Crippen LogP contribution in [-0.4, -0.2) is 28.8 Å². The fraction of sp³-hybridized carbons (Fsp3) is 0.316. The first-order valence-electron chi connectivity index (χ1n) is 8.08. The molecule has 1 aromatic heterocycles. The minimum atomic E-state index is -0.983. The van der Waals surface area contributed by atoms with Crippen molar-refractivity contribution in [2.45, 2.75) is 25.4 Å². The Morgan fingerprint density at radius 3 is 2.58 bits per heavy atom. The van der Waals surface area contributed by atoms with Crippen LogP contribution < -0.4 is 5.32 Å². The van der Waals surface area contributed by atoms with Gasteiger partial charge in [0.15, 0.2) is 5.78 Å². The van der Waals surface area contributed by atoms with Gasteiger partial charge in [0.05, 0.1) is 5.69 Å². The Morgan fingerprint density at radius 1 is 1.25 bits per heavy atom. The molecule has 1 atom stereocenters. The third kappa shape index (κ3) is 3.68. The number of pyridine rings is 1. The standard InChI is InChI=1S/C19H20N2O3/c1-20-19(24)16-11-14(17(22)9-12-7-8-12)10-15(21-16)18(23)13-5-3-2-4-6-13/h2-6,10-12,18,23H,7-9H2,1H3,(H,20,24)/t18-/m0/s1. The van der Waals surface area contributed by atoms with Gasteiger partial charge in [0, 0.05) is 19.0 Å². The van der Waals surface area contributed by atoms with Crippen molar-refractivity contribution >= 4 is 11.7 Å². The molecule has 0 radical (unpaired) electrons. The van der Waals surface area contributed by atoms with Gasteiger partial charge in [-0.1, -0.05) is 30.3 Å². The number of aromatic nitrogens is 1. The Hall–Kier alpha value is -2.53. The van der Waals surface area contributed by atoms with Crippen LogP contribution in [0.2, 0.25) is 0 Å². The first-order valence-corrected chi connectivity index (χ1v) is 8.08. The van der Waals surface area contributed by atoms with Crippen molar-refractivity contribution in [1.82, 2.24) is 10.3 Å². The molecule has 5 heteroatoms. The van der Waals surface area contributed by atoms with Gasteiger partial charge in [-0.3, -0.25) is 9.59 Å². The van der Waals surface area contributed by atoms with Crippen LogP contribution in [0.5, 0.6) is 0 Å². The van der Waals surface area contributed by atoms with Crippen LogP contribution in [0.25, 0.3) is 0 Å². The zero-order valence-electron chi connectivity index (χ0n) is 13.5. The number of carbonyl (C=O) groups is 2. The van der Waals surface area contributed by atoms with Crippen molar-refractivity contribution in [3.8, 4) is 0 Å². The van der Waals surface area contributed by atoms with E-state index in [9.17, 15) is 14.7 Å². The second-order valence-electron chi connectivity index (χ2n) is 6.13. The van der Waals surface area contributed by atoms with Crippen LogP contribution in [0.1, 0.15) is 57.5 Å². The van der Waals surface area contributed by atoms with Gasteiger partial charge in [0.2, 0.25) is 0 Å². The lowest BCUT2D eigenvalue weighted by Crippen LogP contribution is -2.21. The monoisotopic (exact) mass is 324 g/mol. The van der Waals surface area contributed by atoms with E-state index in [1.807, 2.05) is 18.2 Å². The number of aliphatic hydroxyl groups is 1. The van der Waals surface area contributed by atoms with E-state index in [0.717, 1.165) is 12.8 Å². The largest absolute Gasteiger partial charge is 0.382 e. The lowest BCUT2D eigenvalue weighted by atomic mass is 10.0. The van der Waals surface area contributed by atoms with E-state index in [1.165, 1.54) is 13.1 Å². The Labute approximate surface area is 140 Å². The quantitative estimate of drug-likeness (QED) is 0.800. The average Bonchev–Trinajstić information content (AvgIpc) is 3.44. The van der Waals surface area contributed by atoms with E-state index in [2.05, 4.69) is 10.3 Å². The van der Waals surface area contributed by atoms with E-state index < -0.39 is 6.10 Å². The Balaban J connectivity index is 1.97. The van der Waals surface area contributed by atoms with Crippen molar-refractivity contribution in [1.29, 1.82) is 0 Å². The van der Waals surface area contributed by atoms with Crippen molar-refractivity contribution in [2.75, 3.05) is 7.05 Å². The maximum atomic E-state index is 12.4. The second kappa shape index (κ2) is 6.93. The SMILES string of the molecule is CNC(=O)c1cc(C(=O)CC2CC2)cc([C@@H](O)c2ccccc2)n1. The van der Waals surface area contributed by atoms with Gasteiger partial charge in [-0.15, -0.1) is 0 Å². The predicted octanol–water partition coefficient (Wildman–Crippen LogP) is 2.51. The summed E-state index contributed by atoms with van der Waals surface area (Å²) < 4.78 is 0. The molecule has 0 saturated heterocycles. The molecule has 1 aromatic carbocycles. The molecular weight excluding hydrogens is 304 g/mol. The highest BCUT2D eigenvalue weighted by Crippen LogP contribution is 2.34. The van der Waals surface area contributed by atoms with Crippen LogP contribution in [0.3, 0.4) is 0 Å². The smallest absolute Gasteiger partial charge is 0.269 e. The molecule has 1 aliphatic carbocycles. The Morgan fingerprint density at radius 2 is 1.96 bits per heavy atom. The van der Waals surface area contributed by atoms with Gasteiger partial charge in [0.1, 0.15) is 11.8 Å². The van der Waals surface area contributed by atoms with Crippen LogP contribution in [0.4, 0.5) is 0 Å². The molecule has 5 nitrogen and oxygen atoms in total. The zero-order chi connectivity index (χ0) is 17.1. The van der Waals surface area contributed by atoms with Crippen molar-refractivity contribution in [3.63, 3.8) is 0 Å². The van der Waals surface area contributed by atoms with E-state index in [1.54, 1.807) is 18.2 Å². The molecule has 0 bridgehead atoms. The van der Waals surface area contributed by atoms with Crippen molar-refractivity contribution < 1.29 is 14.7 Å². The zero-order valence-corrected chi connectivity index (χ0v) is 13.5. The number of carbonyl (C=O) groups excluding carboxylic acids is 2. The van der Waals surface area contributed by atoms with Gasteiger partial charge in [-0.2, -0.15) is 0 Å². The summed E-state index contributed by atoms with van der Waals surface area (Å²) in [5.41, 5.74) is 1.55. The average molecular weight is 324 g/mol. The maximum Gasteiger partial charge on any atom is 0.269 e. The fourth-order valence-electron chi connectivity index (χ4n) is 2.61. The number of ketones is 1. The molecule has 24 heavy (non-hydrogen) atoms. The van der Waals surface area contributed by atoms with E-state index in [4.69, 9.17) is 0 Å². The molecule has 0 unspecified atom stereocenters. The van der Waals surface area contributed by atoms with Gasteiger partial charge in [-0.25, -0.2) is 4.98 Å². The second-order valence-corrected chi connectivity index (χ2v) is 6.13. The van der Waals surface area contributed by atoms with Gasteiger partial charge in [0.25, 0.3) is 5.91 Å². The van der Waals surface area contributed by atoms with Crippen LogP contribution in [0.15, 0.2) is 42.5 Å². The predicted molar refractivity (Wildman–Crippen MR) is 89.8 cm³/mol. The first kappa shape index (κ1) is 16.3. The third-order valence-corrected chi connectivity index (χ3v) is 4.19. The van der Waals surface area contributed by atoms with E-state index >= 15 is 0 Å². The molecule has 0 spiro atoms. The van der Waals surface area contributed by atoms with Crippen LogP contribution >= 0.6 is 0 Å². The fourth-order valence-corrected chi connectivity index (χ4v) is 2.61. The number of nitrogens with one attached hydrogen (secondary N) is 1. The lowest BCUT2D eigenvalue weighted by Gasteiger charge is -2.13. The number of Topliss-reactive ketones (excluding diaryl/α,β-unsaturated/α-hetero) is 1. The number of hydrogen-bond acceptors (Lipinski definition) is 4. The molecule has 0 aliphatic heterocycles. The molecule has 1 amide bonds. The van der Waals surface area contributed by atoms with Gasteiger partial charge >= 0.3 is 0 Å². The van der Waals surface area contributed by atoms with Crippen molar-refractivity contribution in [3.05, 3.63) is 65.0 Å². The third-order valence-electron chi connectivity index (χ3n) is 4.19. The summed E-state index contributed by atoms with van der Waals surface area (Å²) in [6.07, 6.45) is 1.67. The molecule has 1 heterocycles. The highest BCUT2D eigenvalue weighted by Gasteiger charge is 2.26. The summed E-state index contributed by atoms with van der Waals surface area (Å²) in [6, 6.07) is 12.2. The topological polar surface area (TPSA) is 79.3 Å². The minimum absolute atomic E-state index is 0.00781. The number of nitrogens with zero attached hydrogens (tertiary/aromatic N) is 1. The summed E-state index contributed by atoms with van der Waals surface area (Å²) in [4.78, 5) is 28.6. The van der Waals surface area contributed by atoms with Gasteiger partial charge in [-0.05, 0) is 36.5 Å². The molecule has 1 fully saturated rings. The summed E-state index contributed by atoms with van der Waals surface area (Å²) in [5.74, 6) is 0.0702. The summed E-state index contributed by atoms with van der Waals surface area (Å²) in [7, 11) is 1.51. The number of amides is 1. The summed E-state index contributed by atoms with van der Waals surface area (Å²) in [5, 5.41) is 13.1. The first-order chi connectivity index (χ1) is 11.6. The van der Waals surface area contributed by atoms with Crippen LogP contribution in [0, 0.1) is 5.92 Å². The number of rotatable bonds is 6. The number of hydrogen-bond donors (Lipinski definition) is 2. The molecule has 2 aromatic rings. The number of aliphatic hydroxyl groups excluding tert-OH is 1. The minimum Gasteiger partial charge on any atom is -0.382 e. The lowest BCUT2D eigenvalue weighted by molar-refractivity contribution is 0.0957. The Bertz CT molecular complexity index is 754. The van der Waals surface area contributed by atoms with Crippen molar-refractivity contribution in [2.24, 2.45) is 5.92 Å². The summed E-state index contributed by atoms with van der Waals surface area (Å²) in [6.45, 7) is 0. The van der Waals surface area contributed by atoms with E-state index in [-0.39, 0.29) is 17.4 Å². The Kier molecular flexibility index (Phi) is 4.71. The molecule has 1 aliphatic rings.